The van der Waals surface area contributed by atoms with E-state index < -0.39 is 0 Å². The lowest BCUT2D eigenvalue weighted by Crippen LogP contribution is -2.66. The summed E-state index contributed by atoms with van der Waals surface area (Å²) in [5.41, 5.74) is 2.56. The fourth-order valence-electron chi connectivity index (χ4n) is 9.16. The lowest BCUT2D eigenvalue weighted by Gasteiger charge is -2.64. The number of nitrogens with zero attached hydrogens (tertiary/aromatic N) is 1. The van der Waals surface area contributed by atoms with Gasteiger partial charge in [0.05, 0.1) is 0 Å². The van der Waals surface area contributed by atoms with Crippen molar-refractivity contribution >= 4 is 0 Å². The van der Waals surface area contributed by atoms with Crippen LogP contribution in [0.1, 0.15) is 97.0 Å². The van der Waals surface area contributed by atoms with Crippen molar-refractivity contribution in [2.45, 2.75) is 110 Å². The first-order chi connectivity index (χ1) is 15.6. The van der Waals surface area contributed by atoms with Gasteiger partial charge in [0.15, 0.2) is 0 Å². The first-order valence-corrected chi connectivity index (χ1v) is 14.1. The van der Waals surface area contributed by atoms with E-state index in [4.69, 9.17) is 0 Å². The van der Waals surface area contributed by atoms with Gasteiger partial charge in [-0.2, -0.15) is 0 Å². The molecule has 32 heavy (non-hydrogen) atoms. The largest absolute Gasteiger partial charge is 0.313 e. The highest BCUT2D eigenvalue weighted by Gasteiger charge is 2.60. The van der Waals surface area contributed by atoms with Crippen LogP contribution in [-0.4, -0.2) is 30.1 Å². The zero-order chi connectivity index (χ0) is 22.2. The van der Waals surface area contributed by atoms with E-state index in [-0.39, 0.29) is 0 Å². The summed E-state index contributed by atoms with van der Waals surface area (Å²) in [6.07, 6.45) is 16.0. The molecular formula is C30H48N2. The molecular weight excluding hydrogens is 388 g/mol. The van der Waals surface area contributed by atoms with Crippen LogP contribution in [0.2, 0.25) is 0 Å². The van der Waals surface area contributed by atoms with Gasteiger partial charge in [-0.25, -0.2) is 0 Å². The van der Waals surface area contributed by atoms with Crippen LogP contribution in [0.3, 0.4) is 0 Å². The highest BCUT2D eigenvalue weighted by molar-refractivity contribution is 5.14. The van der Waals surface area contributed by atoms with E-state index in [1.54, 1.807) is 0 Å². The molecule has 2 aliphatic carbocycles. The molecule has 2 heterocycles. The van der Waals surface area contributed by atoms with Crippen LogP contribution in [0.25, 0.3) is 0 Å². The summed E-state index contributed by atoms with van der Waals surface area (Å²) in [5.74, 6) is 2.88. The molecule has 0 radical (unpaired) electrons. The average molecular weight is 437 g/mol. The maximum absolute atomic E-state index is 3.69. The molecule has 2 heteroatoms. The molecule has 4 aliphatic rings. The van der Waals surface area contributed by atoms with E-state index in [0.717, 1.165) is 42.9 Å². The van der Waals surface area contributed by atoms with Gasteiger partial charge in [0.1, 0.15) is 0 Å². The summed E-state index contributed by atoms with van der Waals surface area (Å²) in [5, 5.41) is 3.69. The zero-order valence-corrected chi connectivity index (χ0v) is 21.1. The Balaban J connectivity index is 1.20. The smallest absolute Gasteiger partial charge is 0.0205 e. The van der Waals surface area contributed by atoms with Crippen molar-refractivity contribution < 1.29 is 0 Å². The second-order valence-electron chi connectivity index (χ2n) is 12.4. The van der Waals surface area contributed by atoms with Gasteiger partial charge in [-0.1, -0.05) is 70.4 Å². The Labute approximate surface area is 197 Å². The van der Waals surface area contributed by atoms with Crippen molar-refractivity contribution in [3.05, 3.63) is 35.9 Å². The van der Waals surface area contributed by atoms with E-state index in [9.17, 15) is 0 Å². The van der Waals surface area contributed by atoms with Crippen molar-refractivity contribution in [1.82, 2.24) is 10.2 Å². The highest BCUT2D eigenvalue weighted by atomic mass is 15.2. The number of hydrogen-bond acceptors (Lipinski definition) is 2. The number of fused-ring (bicyclic) bond motifs is 5. The minimum absolute atomic E-state index is 0.562. The van der Waals surface area contributed by atoms with Crippen molar-refractivity contribution in [1.29, 1.82) is 0 Å². The molecule has 5 unspecified atom stereocenters. The Hall–Kier alpha value is -0.860. The predicted molar refractivity (Wildman–Crippen MR) is 136 cm³/mol. The molecule has 5 rings (SSSR count). The summed E-state index contributed by atoms with van der Waals surface area (Å²) < 4.78 is 0. The van der Waals surface area contributed by atoms with Gasteiger partial charge in [-0.15, -0.1) is 0 Å². The summed E-state index contributed by atoms with van der Waals surface area (Å²) in [7, 11) is 0. The minimum atomic E-state index is 0.562. The number of rotatable bonds is 7. The van der Waals surface area contributed by atoms with Crippen molar-refractivity contribution in [2.75, 3.05) is 13.1 Å². The second-order valence-corrected chi connectivity index (χ2v) is 12.4. The Morgan fingerprint density at radius 1 is 0.938 bits per heavy atom. The number of nitrogens with one attached hydrogen (secondary N) is 1. The van der Waals surface area contributed by atoms with E-state index in [1.165, 1.54) is 82.7 Å². The normalized spacial score (nSPS) is 41.7. The lowest BCUT2D eigenvalue weighted by atomic mass is 9.53. The van der Waals surface area contributed by atoms with Crippen LogP contribution >= 0.6 is 0 Å². The molecule has 1 N–H and O–H groups in total. The molecule has 2 nitrogen and oxygen atoms in total. The van der Waals surface area contributed by atoms with Crippen LogP contribution in [0.5, 0.6) is 0 Å². The molecule has 0 aromatic heterocycles. The molecule has 2 saturated carbocycles. The minimum Gasteiger partial charge on any atom is -0.313 e. The molecule has 2 saturated heterocycles. The molecule has 4 fully saturated rings. The molecule has 0 bridgehead atoms. The molecule has 0 spiro atoms. The van der Waals surface area contributed by atoms with Crippen molar-refractivity contribution in [2.24, 2.45) is 28.6 Å². The first kappa shape index (κ1) is 22.9. The van der Waals surface area contributed by atoms with Crippen molar-refractivity contribution in [3.8, 4) is 0 Å². The van der Waals surface area contributed by atoms with E-state index in [0.29, 0.717) is 10.8 Å². The number of benzene rings is 1. The Morgan fingerprint density at radius 3 is 2.56 bits per heavy atom. The third kappa shape index (κ3) is 3.98. The van der Waals surface area contributed by atoms with E-state index in [1.807, 2.05) is 0 Å². The quantitative estimate of drug-likeness (QED) is 0.461. The van der Waals surface area contributed by atoms with Gasteiger partial charge in [0.2, 0.25) is 0 Å². The summed E-state index contributed by atoms with van der Waals surface area (Å²) in [6, 6.07) is 12.6. The summed E-state index contributed by atoms with van der Waals surface area (Å²) >= 11 is 0. The highest BCUT2D eigenvalue weighted by Crippen LogP contribution is 2.61. The van der Waals surface area contributed by atoms with Crippen LogP contribution in [0.4, 0.5) is 0 Å². The van der Waals surface area contributed by atoms with Gasteiger partial charge in [-0.3, -0.25) is 4.90 Å². The molecule has 2 aliphatic heterocycles. The molecule has 1 aromatic carbocycles. The lowest BCUT2D eigenvalue weighted by molar-refractivity contribution is -0.148. The van der Waals surface area contributed by atoms with Gasteiger partial charge < -0.3 is 5.32 Å². The zero-order valence-electron chi connectivity index (χ0n) is 21.1. The topological polar surface area (TPSA) is 15.3 Å². The fourth-order valence-corrected chi connectivity index (χ4v) is 9.16. The summed E-state index contributed by atoms with van der Waals surface area (Å²) in [6.45, 7) is 11.5. The monoisotopic (exact) mass is 436 g/mol. The first-order valence-electron chi connectivity index (χ1n) is 14.1. The third-order valence-corrected chi connectivity index (χ3v) is 10.9. The van der Waals surface area contributed by atoms with Gasteiger partial charge in [0.25, 0.3) is 0 Å². The molecule has 1 aromatic rings. The van der Waals surface area contributed by atoms with E-state index >= 15 is 0 Å². The SMILES string of the molecule is CC[C@H]1CN2C3CCC(CCCNCc4ccccc4)C3(C)CC[C@@H]2C2(C)CCCCC12. The predicted octanol–water partition coefficient (Wildman–Crippen LogP) is 7.04. The van der Waals surface area contributed by atoms with Crippen LogP contribution < -0.4 is 5.32 Å². The van der Waals surface area contributed by atoms with Crippen LogP contribution in [0, 0.1) is 28.6 Å². The maximum Gasteiger partial charge on any atom is 0.0205 e. The Kier molecular flexibility index (Phi) is 6.74. The van der Waals surface area contributed by atoms with Crippen LogP contribution in [-0.2, 0) is 6.54 Å². The third-order valence-electron chi connectivity index (χ3n) is 10.9. The molecule has 0 amide bonds. The average Bonchev–Trinajstić information content (AvgIpc) is 3.15. The van der Waals surface area contributed by atoms with E-state index in [2.05, 4.69) is 61.3 Å². The maximum atomic E-state index is 3.69. The van der Waals surface area contributed by atoms with Gasteiger partial charge >= 0.3 is 0 Å². The summed E-state index contributed by atoms with van der Waals surface area (Å²) in [4.78, 5) is 3.12. The standard InChI is InChI=1S/C30H48N2/c1-4-24-22-32-27-16-15-25(13-10-20-31-21-23-11-6-5-7-12-23)29(27,2)19-17-28(32)30(3)18-9-8-14-26(24)30/h5-7,11-12,24-28,31H,4,8-10,13-22H2,1-3H3/t24-,25?,26?,27?,28+,29?,30?/m0/s1. The van der Waals surface area contributed by atoms with Crippen molar-refractivity contribution in [3.63, 3.8) is 0 Å². The molecule has 7 atom stereocenters. The van der Waals surface area contributed by atoms with Gasteiger partial charge in [-0.05, 0) is 92.1 Å². The molecule has 178 valence electrons. The van der Waals surface area contributed by atoms with Crippen LogP contribution in [0.15, 0.2) is 30.3 Å². The number of piperidine rings is 2. The van der Waals surface area contributed by atoms with Gasteiger partial charge in [0, 0.05) is 25.2 Å². The fraction of sp³-hybridized carbons (Fsp3) is 0.800. The second kappa shape index (κ2) is 9.41. The number of hydrogen-bond donors (Lipinski definition) is 1. The Morgan fingerprint density at radius 2 is 1.75 bits per heavy atom. The Bertz CT molecular complexity index is 746.